The minimum absolute atomic E-state index is 0.0234. The van der Waals surface area contributed by atoms with E-state index in [0.717, 1.165) is 6.20 Å². The summed E-state index contributed by atoms with van der Waals surface area (Å²) in [5.74, 6) is -0.725. The molecule has 1 rings (SSSR count). The van der Waals surface area contributed by atoms with E-state index in [0.29, 0.717) is 4.68 Å². The number of rotatable bonds is 4. The molecule has 0 spiro atoms. The molecule has 0 saturated carbocycles. The second-order valence-electron chi connectivity index (χ2n) is 3.23. The third kappa shape index (κ3) is 3.94. The average molecular weight is 252 g/mol. The van der Waals surface area contributed by atoms with Crippen LogP contribution in [0.4, 0.5) is 18.9 Å². The van der Waals surface area contributed by atoms with Crippen LogP contribution in [0.25, 0.3) is 0 Å². The highest BCUT2D eigenvalue weighted by atomic mass is 19.4. The van der Waals surface area contributed by atoms with Crippen LogP contribution in [0.5, 0.6) is 0 Å². The standard InChI is InChI=1S/C8H11F3N4O2/c9-8(10,11)4-15-3-5(12)6(14-15)7(17)13-1-2-16/h3,16H,1-2,4,12H2,(H,13,17). The second kappa shape index (κ2) is 5.04. The minimum atomic E-state index is -4.43. The summed E-state index contributed by atoms with van der Waals surface area (Å²) >= 11 is 0. The van der Waals surface area contributed by atoms with Crippen molar-refractivity contribution in [2.45, 2.75) is 12.7 Å². The summed E-state index contributed by atoms with van der Waals surface area (Å²) in [5.41, 5.74) is 4.92. The van der Waals surface area contributed by atoms with Crippen LogP contribution in [0.3, 0.4) is 0 Å². The van der Waals surface area contributed by atoms with Crippen LogP contribution in [-0.4, -0.2) is 40.1 Å². The molecule has 17 heavy (non-hydrogen) atoms. The Morgan fingerprint density at radius 3 is 2.76 bits per heavy atom. The van der Waals surface area contributed by atoms with E-state index < -0.39 is 18.6 Å². The Kier molecular flexibility index (Phi) is 3.94. The van der Waals surface area contributed by atoms with E-state index in [1.807, 2.05) is 0 Å². The molecule has 0 atom stereocenters. The van der Waals surface area contributed by atoms with Crippen LogP contribution in [0.2, 0.25) is 0 Å². The molecular weight excluding hydrogens is 241 g/mol. The van der Waals surface area contributed by atoms with Crippen molar-refractivity contribution >= 4 is 11.6 Å². The van der Waals surface area contributed by atoms with Gasteiger partial charge in [0.25, 0.3) is 5.91 Å². The Morgan fingerprint density at radius 1 is 1.59 bits per heavy atom. The zero-order valence-corrected chi connectivity index (χ0v) is 8.66. The van der Waals surface area contributed by atoms with E-state index >= 15 is 0 Å². The predicted molar refractivity (Wildman–Crippen MR) is 52.1 cm³/mol. The van der Waals surface area contributed by atoms with E-state index in [-0.39, 0.29) is 24.5 Å². The number of nitrogen functional groups attached to an aromatic ring is 1. The molecule has 0 aromatic carbocycles. The van der Waals surface area contributed by atoms with Gasteiger partial charge in [-0.15, -0.1) is 0 Å². The number of hydrogen-bond donors (Lipinski definition) is 3. The van der Waals surface area contributed by atoms with Crippen molar-refractivity contribution in [3.63, 3.8) is 0 Å². The Hall–Kier alpha value is -1.77. The molecule has 6 nitrogen and oxygen atoms in total. The van der Waals surface area contributed by atoms with E-state index in [9.17, 15) is 18.0 Å². The van der Waals surface area contributed by atoms with Gasteiger partial charge in [-0.05, 0) is 0 Å². The van der Waals surface area contributed by atoms with Gasteiger partial charge >= 0.3 is 6.18 Å². The van der Waals surface area contributed by atoms with Crippen molar-refractivity contribution in [2.75, 3.05) is 18.9 Å². The van der Waals surface area contributed by atoms with Gasteiger partial charge in [0.2, 0.25) is 0 Å². The molecule has 1 heterocycles. The maximum absolute atomic E-state index is 12.1. The van der Waals surface area contributed by atoms with Gasteiger partial charge in [0.05, 0.1) is 12.3 Å². The van der Waals surface area contributed by atoms with Crippen LogP contribution in [-0.2, 0) is 6.54 Å². The highest BCUT2D eigenvalue weighted by Crippen LogP contribution is 2.18. The van der Waals surface area contributed by atoms with Gasteiger partial charge in [-0.3, -0.25) is 9.48 Å². The van der Waals surface area contributed by atoms with Gasteiger partial charge in [-0.1, -0.05) is 0 Å². The first-order valence-electron chi connectivity index (χ1n) is 4.62. The summed E-state index contributed by atoms with van der Waals surface area (Å²) in [7, 11) is 0. The molecule has 1 aromatic rings. The fourth-order valence-corrected chi connectivity index (χ4v) is 1.13. The Balaban J connectivity index is 2.78. The second-order valence-corrected chi connectivity index (χ2v) is 3.23. The molecule has 0 fully saturated rings. The average Bonchev–Trinajstić information content (AvgIpc) is 2.53. The highest BCUT2D eigenvalue weighted by molar-refractivity contribution is 5.96. The third-order valence-electron chi connectivity index (χ3n) is 1.74. The maximum atomic E-state index is 12.1. The summed E-state index contributed by atoms with van der Waals surface area (Å²) < 4.78 is 36.7. The third-order valence-corrected chi connectivity index (χ3v) is 1.74. The topological polar surface area (TPSA) is 93.2 Å². The van der Waals surface area contributed by atoms with Gasteiger partial charge in [0, 0.05) is 12.7 Å². The number of amides is 1. The summed E-state index contributed by atoms with van der Waals surface area (Å²) in [4.78, 5) is 11.3. The molecule has 0 saturated heterocycles. The van der Waals surface area contributed by atoms with Crippen molar-refractivity contribution in [1.82, 2.24) is 15.1 Å². The molecular formula is C8H11F3N4O2. The number of nitrogens with one attached hydrogen (secondary N) is 1. The number of aliphatic hydroxyl groups is 1. The quantitative estimate of drug-likeness (QED) is 0.688. The van der Waals surface area contributed by atoms with Crippen molar-refractivity contribution in [1.29, 1.82) is 0 Å². The predicted octanol–water partition coefficient (Wildman–Crippen LogP) is -0.250. The van der Waals surface area contributed by atoms with E-state index in [2.05, 4.69) is 10.4 Å². The smallest absolute Gasteiger partial charge is 0.396 e. The van der Waals surface area contributed by atoms with Gasteiger partial charge in [0.1, 0.15) is 6.54 Å². The largest absolute Gasteiger partial charge is 0.408 e. The molecule has 0 radical (unpaired) electrons. The highest BCUT2D eigenvalue weighted by Gasteiger charge is 2.29. The number of anilines is 1. The first kappa shape index (κ1) is 13.3. The van der Waals surface area contributed by atoms with Crippen LogP contribution in [0, 0.1) is 0 Å². The summed E-state index contributed by atoms with van der Waals surface area (Å²) in [6, 6.07) is 0. The summed E-state index contributed by atoms with van der Waals surface area (Å²) in [6.45, 7) is -1.62. The number of carbonyl (C=O) groups excluding carboxylic acids is 1. The number of nitrogens with zero attached hydrogens (tertiary/aromatic N) is 2. The van der Waals surface area contributed by atoms with Crippen molar-refractivity contribution < 1.29 is 23.1 Å². The molecule has 0 aliphatic carbocycles. The van der Waals surface area contributed by atoms with E-state index in [1.165, 1.54) is 0 Å². The summed E-state index contributed by atoms with van der Waals surface area (Å²) in [5, 5.41) is 14.1. The number of hydrogen-bond acceptors (Lipinski definition) is 4. The van der Waals surface area contributed by atoms with Crippen molar-refractivity contribution in [3.8, 4) is 0 Å². The molecule has 0 unspecified atom stereocenters. The zero-order valence-electron chi connectivity index (χ0n) is 8.66. The normalized spacial score (nSPS) is 11.5. The fraction of sp³-hybridized carbons (Fsp3) is 0.500. The molecule has 96 valence electrons. The molecule has 1 aromatic heterocycles. The molecule has 1 amide bonds. The van der Waals surface area contributed by atoms with E-state index in [4.69, 9.17) is 10.8 Å². The molecule has 4 N–H and O–H groups in total. The lowest BCUT2D eigenvalue weighted by Gasteiger charge is -2.05. The van der Waals surface area contributed by atoms with Gasteiger partial charge < -0.3 is 16.2 Å². The van der Waals surface area contributed by atoms with Gasteiger partial charge in [0.15, 0.2) is 5.69 Å². The zero-order chi connectivity index (χ0) is 13.1. The van der Waals surface area contributed by atoms with Crippen molar-refractivity contribution in [3.05, 3.63) is 11.9 Å². The SMILES string of the molecule is Nc1cn(CC(F)(F)F)nc1C(=O)NCCO. The number of halogens is 3. The minimum Gasteiger partial charge on any atom is -0.396 e. The number of aliphatic hydroxyl groups excluding tert-OH is 1. The Morgan fingerprint density at radius 2 is 2.24 bits per heavy atom. The number of alkyl halides is 3. The Bertz CT molecular complexity index is 402. The van der Waals surface area contributed by atoms with E-state index in [1.54, 1.807) is 0 Å². The van der Waals surface area contributed by atoms with Crippen LogP contribution in [0.1, 0.15) is 10.5 Å². The number of nitrogens with two attached hydrogens (primary N) is 1. The monoisotopic (exact) mass is 252 g/mol. The lowest BCUT2D eigenvalue weighted by molar-refractivity contribution is -0.142. The molecule has 9 heteroatoms. The molecule has 0 bridgehead atoms. The van der Waals surface area contributed by atoms with Crippen LogP contribution >= 0.6 is 0 Å². The summed E-state index contributed by atoms with van der Waals surface area (Å²) in [6.07, 6.45) is -3.50. The van der Waals surface area contributed by atoms with Crippen LogP contribution < -0.4 is 11.1 Å². The van der Waals surface area contributed by atoms with Crippen molar-refractivity contribution in [2.24, 2.45) is 0 Å². The first-order chi connectivity index (χ1) is 7.83. The number of carbonyl (C=O) groups is 1. The maximum Gasteiger partial charge on any atom is 0.408 e. The molecule has 0 aliphatic rings. The van der Waals surface area contributed by atoms with Gasteiger partial charge in [-0.2, -0.15) is 18.3 Å². The molecule has 0 aliphatic heterocycles. The number of aromatic nitrogens is 2. The van der Waals surface area contributed by atoms with Crippen LogP contribution in [0.15, 0.2) is 6.20 Å². The lowest BCUT2D eigenvalue weighted by Crippen LogP contribution is -2.27. The first-order valence-corrected chi connectivity index (χ1v) is 4.62. The Labute approximate surface area is 94.2 Å². The van der Waals surface area contributed by atoms with Gasteiger partial charge in [-0.25, -0.2) is 0 Å². The fourth-order valence-electron chi connectivity index (χ4n) is 1.13. The lowest BCUT2D eigenvalue weighted by atomic mass is 10.3.